The molecule has 1 unspecified atom stereocenters. The summed E-state index contributed by atoms with van der Waals surface area (Å²) in [5, 5.41) is 8.50. The second-order valence-corrected chi connectivity index (χ2v) is 9.12. The Hall–Kier alpha value is -3.52. The first-order chi connectivity index (χ1) is 16.4. The fourth-order valence-electron chi connectivity index (χ4n) is 4.83. The van der Waals surface area contributed by atoms with Crippen LogP contribution in [-0.4, -0.2) is 43.6 Å². The van der Waals surface area contributed by atoms with Crippen molar-refractivity contribution < 1.29 is 9.53 Å². The molecular formula is C26H29N5O3. The number of nitrogens with zero attached hydrogens (tertiary/aromatic N) is 4. The van der Waals surface area contributed by atoms with Crippen LogP contribution in [0.2, 0.25) is 0 Å². The topological polar surface area (TPSA) is 92.6 Å². The standard InChI is InChI=1S/C26H29N5O3/c1-5-34-10-9-16(3)23-28-29-24-25(32)27-21-11-17(4)19(12-22(21)31(23)24)26(33)30-13-18-8-6-7-15(2)20(18)14-30/h6-8,11-12,16H,5,9-10,13-14H2,1-4H3,(H,27,32). The highest BCUT2D eigenvalue weighted by Crippen LogP contribution is 2.29. The first kappa shape index (κ1) is 22.3. The lowest BCUT2D eigenvalue weighted by molar-refractivity contribution is 0.0750. The van der Waals surface area contributed by atoms with Crippen LogP contribution in [0.4, 0.5) is 0 Å². The van der Waals surface area contributed by atoms with E-state index in [0.717, 1.165) is 17.5 Å². The van der Waals surface area contributed by atoms with E-state index in [9.17, 15) is 9.59 Å². The summed E-state index contributed by atoms with van der Waals surface area (Å²) in [6.07, 6.45) is 0.756. The summed E-state index contributed by atoms with van der Waals surface area (Å²) in [6, 6.07) is 9.95. The monoisotopic (exact) mass is 459 g/mol. The van der Waals surface area contributed by atoms with E-state index in [2.05, 4.69) is 34.2 Å². The Bertz CT molecular complexity index is 1470. The van der Waals surface area contributed by atoms with Gasteiger partial charge in [0.1, 0.15) is 5.82 Å². The van der Waals surface area contributed by atoms with Gasteiger partial charge in [0.25, 0.3) is 11.5 Å². The van der Waals surface area contributed by atoms with Gasteiger partial charge in [-0.15, -0.1) is 10.2 Å². The number of ether oxygens (including phenoxy) is 1. The highest BCUT2D eigenvalue weighted by Gasteiger charge is 2.27. The molecule has 0 saturated heterocycles. The smallest absolute Gasteiger partial charge is 0.294 e. The number of hydrogen-bond donors (Lipinski definition) is 1. The molecule has 1 atom stereocenters. The number of nitrogens with one attached hydrogen (secondary N) is 1. The minimum Gasteiger partial charge on any atom is -0.382 e. The van der Waals surface area contributed by atoms with Crippen LogP contribution >= 0.6 is 0 Å². The number of rotatable bonds is 6. The molecule has 0 fully saturated rings. The molecule has 0 aliphatic carbocycles. The van der Waals surface area contributed by atoms with Crippen molar-refractivity contribution >= 4 is 22.6 Å². The minimum absolute atomic E-state index is 0.0200. The number of aromatic nitrogens is 4. The zero-order chi connectivity index (χ0) is 24.0. The molecule has 4 aromatic rings. The van der Waals surface area contributed by atoms with E-state index < -0.39 is 0 Å². The number of hydrogen-bond acceptors (Lipinski definition) is 5. The summed E-state index contributed by atoms with van der Waals surface area (Å²) in [5.41, 5.74) is 6.38. The Kier molecular flexibility index (Phi) is 5.69. The van der Waals surface area contributed by atoms with Crippen molar-refractivity contribution in [3.8, 4) is 0 Å². The summed E-state index contributed by atoms with van der Waals surface area (Å²) < 4.78 is 7.30. The maximum Gasteiger partial charge on any atom is 0.294 e. The molecular weight excluding hydrogens is 430 g/mol. The molecule has 8 nitrogen and oxygen atoms in total. The van der Waals surface area contributed by atoms with Gasteiger partial charge in [-0.2, -0.15) is 0 Å². The third kappa shape index (κ3) is 3.68. The number of benzene rings is 2. The van der Waals surface area contributed by atoms with Crippen LogP contribution in [0.1, 0.15) is 64.6 Å². The number of carbonyl (C=O) groups is 1. The third-order valence-corrected chi connectivity index (χ3v) is 6.80. The predicted octanol–water partition coefficient (Wildman–Crippen LogP) is 3.87. The van der Waals surface area contributed by atoms with E-state index >= 15 is 0 Å². The molecule has 34 heavy (non-hydrogen) atoms. The molecule has 2 aromatic carbocycles. The SMILES string of the molecule is CCOCCC(C)c1nnc2c(=O)[nH]c3cc(C)c(C(=O)N4Cc5cccc(C)c5C4)cc3n12. The van der Waals surface area contributed by atoms with Gasteiger partial charge in [0.15, 0.2) is 0 Å². The van der Waals surface area contributed by atoms with Gasteiger partial charge in [0, 0.05) is 37.8 Å². The second kappa shape index (κ2) is 8.68. The van der Waals surface area contributed by atoms with Gasteiger partial charge in [0.05, 0.1) is 11.0 Å². The lowest BCUT2D eigenvalue weighted by Crippen LogP contribution is -2.26. The number of aromatic amines is 1. The van der Waals surface area contributed by atoms with Crippen LogP contribution in [0.5, 0.6) is 0 Å². The second-order valence-electron chi connectivity index (χ2n) is 9.12. The zero-order valence-corrected chi connectivity index (χ0v) is 20.0. The van der Waals surface area contributed by atoms with Crippen LogP contribution < -0.4 is 5.56 Å². The van der Waals surface area contributed by atoms with Crippen LogP contribution in [0, 0.1) is 13.8 Å². The quantitative estimate of drug-likeness (QED) is 0.442. The molecule has 1 amide bonds. The van der Waals surface area contributed by atoms with E-state index in [0.29, 0.717) is 43.2 Å². The largest absolute Gasteiger partial charge is 0.382 e. The maximum atomic E-state index is 13.6. The fraction of sp³-hybridized carbons (Fsp3) is 0.385. The van der Waals surface area contributed by atoms with Gasteiger partial charge in [-0.25, -0.2) is 0 Å². The molecule has 176 valence electrons. The Morgan fingerprint density at radius 3 is 2.76 bits per heavy atom. The maximum absolute atomic E-state index is 13.6. The normalized spacial score (nSPS) is 14.2. The van der Waals surface area contributed by atoms with E-state index in [1.54, 1.807) is 4.40 Å². The van der Waals surface area contributed by atoms with Crippen LogP contribution in [0.15, 0.2) is 35.1 Å². The summed E-state index contributed by atoms with van der Waals surface area (Å²) in [6.45, 7) is 10.5. The molecule has 1 aliphatic heterocycles. The number of amides is 1. The van der Waals surface area contributed by atoms with Crippen LogP contribution in [0.3, 0.4) is 0 Å². The van der Waals surface area contributed by atoms with Crippen LogP contribution in [0.25, 0.3) is 16.7 Å². The lowest BCUT2D eigenvalue weighted by atomic mass is 10.0. The van der Waals surface area contributed by atoms with Gasteiger partial charge in [-0.1, -0.05) is 25.1 Å². The van der Waals surface area contributed by atoms with Crippen molar-refractivity contribution in [3.63, 3.8) is 0 Å². The summed E-state index contributed by atoms with van der Waals surface area (Å²) >= 11 is 0. The van der Waals surface area contributed by atoms with E-state index in [-0.39, 0.29) is 23.0 Å². The van der Waals surface area contributed by atoms with Crippen molar-refractivity contribution in [2.75, 3.05) is 13.2 Å². The van der Waals surface area contributed by atoms with Crippen molar-refractivity contribution in [2.45, 2.75) is 53.1 Å². The van der Waals surface area contributed by atoms with Crippen molar-refractivity contribution in [3.05, 3.63) is 74.3 Å². The zero-order valence-electron chi connectivity index (χ0n) is 20.0. The average molecular weight is 460 g/mol. The first-order valence-corrected chi connectivity index (χ1v) is 11.7. The van der Waals surface area contributed by atoms with Crippen molar-refractivity contribution in [2.24, 2.45) is 0 Å². The predicted molar refractivity (Wildman–Crippen MR) is 130 cm³/mol. The Morgan fingerprint density at radius 1 is 1.18 bits per heavy atom. The molecule has 5 rings (SSSR count). The molecule has 1 N–H and O–H groups in total. The fourth-order valence-corrected chi connectivity index (χ4v) is 4.83. The molecule has 3 heterocycles. The number of fused-ring (bicyclic) bond motifs is 4. The van der Waals surface area contributed by atoms with E-state index in [1.807, 2.05) is 43.9 Å². The van der Waals surface area contributed by atoms with Gasteiger partial charge in [-0.3, -0.25) is 14.0 Å². The lowest BCUT2D eigenvalue weighted by Gasteiger charge is -2.18. The molecule has 0 bridgehead atoms. The summed E-state index contributed by atoms with van der Waals surface area (Å²) in [4.78, 5) is 31.1. The Balaban J connectivity index is 1.58. The Morgan fingerprint density at radius 2 is 2.00 bits per heavy atom. The Labute approximate surface area is 197 Å². The molecule has 2 aromatic heterocycles. The van der Waals surface area contributed by atoms with Gasteiger partial charge in [-0.05, 0) is 61.6 Å². The van der Waals surface area contributed by atoms with Crippen molar-refractivity contribution in [1.29, 1.82) is 0 Å². The third-order valence-electron chi connectivity index (χ3n) is 6.80. The molecule has 8 heteroatoms. The number of carbonyl (C=O) groups excluding carboxylic acids is 1. The number of aryl methyl sites for hydroxylation is 2. The summed E-state index contributed by atoms with van der Waals surface area (Å²) in [5.74, 6) is 0.702. The highest BCUT2D eigenvalue weighted by atomic mass is 16.5. The van der Waals surface area contributed by atoms with Gasteiger partial charge < -0.3 is 14.6 Å². The molecule has 0 radical (unpaired) electrons. The molecule has 1 aliphatic rings. The van der Waals surface area contributed by atoms with E-state index in [4.69, 9.17) is 4.74 Å². The van der Waals surface area contributed by atoms with Gasteiger partial charge in [0.2, 0.25) is 5.65 Å². The summed E-state index contributed by atoms with van der Waals surface area (Å²) in [7, 11) is 0. The van der Waals surface area contributed by atoms with Gasteiger partial charge >= 0.3 is 0 Å². The van der Waals surface area contributed by atoms with E-state index in [1.165, 1.54) is 16.7 Å². The van der Waals surface area contributed by atoms with Crippen molar-refractivity contribution in [1.82, 2.24) is 24.5 Å². The molecule has 0 spiro atoms. The average Bonchev–Trinajstić information content (AvgIpc) is 3.45. The van der Waals surface area contributed by atoms with Crippen LogP contribution in [-0.2, 0) is 17.8 Å². The number of H-pyrrole nitrogens is 1. The minimum atomic E-state index is -0.299. The highest BCUT2D eigenvalue weighted by molar-refractivity contribution is 5.99. The molecule has 0 saturated carbocycles. The first-order valence-electron chi connectivity index (χ1n) is 11.7.